The van der Waals surface area contributed by atoms with Crippen LogP contribution in [0.15, 0.2) is 35.3 Å². The molecule has 2 saturated heterocycles. The maximum atomic E-state index is 6.00. The van der Waals surface area contributed by atoms with E-state index < -0.39 is 0 Å². The van der Waals surface area contributed by atoms with Crippen molar-refractivity contribution in [3.8, 4) is 0 Å². The fraction of sp³-hybridized carbons (Fsp3) is 0.650. The zero-order chi connectivity index (χ0) is 17.0. The number of halogens is 1. The predicted octanol–water partition coefficient (Wildman–Crippen LogP) is 4.08. The number of nitrogens with one attached hydrogen (secondary N) is 1. The van der Waals surface area contributed by atoms with E-state index in [0.29, 0.717) is 11.3 Å². The van der Waals surface area contributed by atoms with Crippen LogP contribution in [-0.2, 0) is 4.74 Å². The summed E-state index contributed by atoms with van der Waals surface area (Å²) in [6.07, 6.45) is 2.51. The Kier molecular flexibility index (Phi) is 7.55. The van der Waals surface area contributed by atoms with Crippen molar-refractivity contribution in [2.75, 3.05) is 32.8 Å². The van der Waals surface area contributed by atoms with E-state index in [1.165, 1.54) is 12.0 Å². The average Bonchev–Trinajstić information content (AvgIpc) is 3.18. The van der Waals surface area contributed by atoms with Crippen molar-refractivity contribution in [2.24, 2.45) is 16.3 Å². The number of guanidine groups is 1. The minimum atomic E-state index is 0. The van der Waals surface area contributed by atoms with E-state index >= 15 is 0 Å². The molecule has 0 aromatic heterocycles. The molecule has 25 heavy (non-hydrogen) atoms. The van der Waals surface area contributed by atoms with Gasteiger partial charge >= 0.3 is 0 Å². The summed E-state index contributed by atoms with van der Waals surface area (Å²) < 4.78 is 6.00. The minimum absolute atomic E-state index is 0. The van der Waals surface area contributed by atoms with E-state index in [2.05, 4.69) is 61.3 Å². The van der Waals surface area contributed by atoms with E-state index in [0.717, 1.165) is 45.2 Å². The van der Waals surface area contributed by atoms with Crippen molar-refractivity contribution < 1.29 is 4.74 Å². The molecule has 0 aliphatic carbocycles. The molecule has 0 amide bonds. The first-order chi connectivity index (χ1) is 11.6. The third kappa shape index (κ3) is 5.33. The van der Waals surface area contributed by atoms with E-state index in [9.17, 15) is 0 Å². The van der Waals surface area contributed by atoms with Crippen LogP contribution < -0.4 is 5.32 Å². The highest BCUT2D eigenvalue weighted by Crippen LogP contribution is 2.35. The first-order valence-electron chi connectivity index (χ1n) is 9.29. The van der Waals surface area contributed by atoms with Gasteiger partial charge in [-0.25, -0.2) is 0 Å². The van der Waals surface area contributed by atoms with Crippen LogP contribution in [0, 0.1) is 11.3 Å². The molecular formula is C20H32IN3O. The zero-order valence-electron chi connectivity index (χ0n) is 15.7. The second-order valence-electron chi connectivity index (χ2n) is 7.78. The van der Waals surface area contributed by atoms with E-state index in [4.69, 9.17) is 9.73 Å². The average molecular weight is 457 g/mol. The normalized spacial score (nSPS) is 25.7. The summed E-state index contributed by atoms with van der Waals surface area (Å²) >= 11 is 0. The topological polar surface area (TPSA) is 36.9 Å². The minimum Gasteiger partial charge on any atom is -0.373 e. The van der Waals surface area contributed by atoms with Crippen molar-refractivity contribution in [3.05, 3.63) is 35.9 Å². The van der Waals surface area contributed by atoms with Crippen molar-refractivity contribution in [2.45, 2.75) is 39.7 Å². The highest BCUT2D eigenvalue weighted by molar-refractivity contribution is 14.0. The van der Waals surface area contributed by atoms with E-state index in [-0.39, 0.29) is 30.1 Å². The Labute approximate surface area is 169 Å². The molecule has 1 aromatic rings. The predicted molar refractivity (Wildman–Crippen MR) is 115 cm³/mol. The molecule has 0 spiro atoms. The van der Waals surface area contributed by atoms with Crippen LogP contribution in [0.5, 0.6) is 0 Å². The fourth-order valence-corrected chi connectivity index (χ4v) is 3.75. The van der Waals surface area contributed by atoms with Crippen molar-refractivity contribution in [1.29, 1.82) is 0 Å². The first-order valence-corrected chi connectivity index (χ1v) is 9.29. The number of likely N-dealkylation sites (tertiary alicyclic amines) is 1. The highest BCUT2D eigenvalue weighted by Gasteiger charge is 2.32. The lowest BCUT2D eigenvalue weighted by molar-refractivity contribution is 0.0925. The first kappa shape index (κ1) is 20.5. The molecule has 2 aliphatic rings. The van der Waals surface area contributed by atoms with Gasteiger partial charge in [0.2, 0.25) is 0 Å². The summed E-state index contributed by atoms with van der Waals surface area (Å²) in [6, 6.07) is 10.6. The molecule has 4 nitrogen and oxygen atoms in total. The second-order valence-corrected chi connectivity index (χ2v) is 7.78. The van der Waals surface area contributed by atoms with Gasteiger partial charge in [-0.2, -0.15) is 0 Å². The van der Waals surface area contributed by atoms with Gasteiger partial charge in [-0.15, -0.1) is 24.0 Å². The fourth-order valence-electron chi connectivity index (χ4n) is 3.75. The van der Waals surface area contributed by atoms with Crippen LogP contribution in [0.25, 0.3) is 0 Å². The molecule has 2 atom stereocenters. The second kappa shape index (κ2) is 9.21. The van der Waals surface area contributed by atoms with Crippen LogP contribution in [-0.4, -0.2) is 43.6 Å². The maximum Gasteiger partial charge on any atom is 0.193 e. The number of ether oxygens (including phenoxy) is 1. The molecule has 0 radical (unpaired) electrons. The van der Waals surface area contributed by atoms with Crippen LogP contribution in [0.1, 0.15) is 45.3 Å². The van der Waals surface area contributed by atoms with Gasteiger partial charge < -0.3 is 15.0 Å². The van der Waals surface area contributed by atoms with Crippen LogP contribution >= 0.6 is 24.0 Å². The van der Waals surface area contributed by atoms with Gasteiger partial charge in [0.25, 0.3) is 0 Å². The third-order valence-electron chi connectivity index (χ3n) is 5.13. The van der Waals surface area contributed by atoms with E-state index in [1.807, 2.05) is 0 Å². The zero-order valence-corrected chi connectivity index (χ0v) is 18.0. The molecule has 2 fully saturated rings. The van der Waals surface area contributed by atoms with Gasteiger partial charge in [0.05, 0.1) is 6.10 Å². The molecule has 1 N–H and O–H groups in total. The monoisotopic (exact) mass is 457 g/mol. The third-order valence-corrected chi connectivity index (χ3v) is 5.13. The van der Waals surface area contributed by atoms with Gasteiger partial charge in [-0.3, -0.25) is 4.99 Å². The molecule has 3 rings (SSSR count). The summed E-state index contributed by atoms with van der Waals surface area (Å²) in [7, 11) is 0. The maximum absolute atomic E-state index is 6.00. The molecule has 0 saturated carbocycles. The lowest BCUT2D eigenvalue weighted by atomic mass is 9.93. The molecule has 1 aromatic carbocycles. The SMILES string of the molecule is CCNC(=NCC1CCOC1c1ccccc1)N1CCC(C)(C)C1.I. The Hall–Kier alpha value is -0.820. The Morgan fingerprint density at radius 1 is 1.32 bits per heavy atom. The largest absolute Gasteiger partial charge is 0.373 e. The summed E-state index contributed by atoms with van der Waals surface area (Å²) in [4.78, 5) is 7.38. The Bertz CT molecular complexity index is 561. The smallest absolute Gasteiger partial charge is 0.193 e. The number of hydrogen-bond donors (Lipinski definition) is 1. The number of hydrogen-bond acceptors (Lipinski definition) is 2. The van der Waals surface area contributed by atoms with Gasteiger partial charge in [0.15, 0.2) is 5.96 Å². The lowest BCUT2D eigenvalue weighted by Gasteiger charge is -2.24. The van der Waals surface area contributed by atoms with E-state index in [1.54, 1.807) is 0 Å². The number of aliphatic imine (C=N–C) groups is 1. The quantitative estimate of drug-likeness (QED) is 0.421. The van der Waals surface area contributed by atoms with Crippen molar-refractivity contribution in [1.82, 2.24) is 10.2 Å². The lowest BCUT2D eigenvalue weighted by Crippen LogP contribution is -2.41. The van der Waals surface area contributed by atoms with Crippen LogP contribution in [0.4, 0.5) is 0 Å². The van der Waals surface area contributed by atoms with Crippen LogP contribution in [0.2, 0.25) is 0 Å². The summed E-state index contributed by atoms with van der Waals surface area (Å²) in [5.74, 6) is 1.54. The molecule has 140 valence electrons. The van der Waals surface area contributed by atoms with Gasteiger partial charge in [-0.1, -0.05) is 44.2 Å². The summed E-state index contributed by atoms with van der Waals surface area (Å²) in [5.41, 5.74) is 1.67. The Balaban J connectivity index is 0.00000225. The Morgan fingerprint density at radius 3 is 2.72 bits per heavy atom. The summed E-state index contributed by atoms with van der Waals surface area (Å²) in [6.45, 7) is 11.6. The number of benzene rings is 1. The molecule has 0 bridgehead atoms. The van der Waals surface area contributed by atoms with Gasteiger partial charge in [0, 0.05) is 38.7 Å². The molecular weight excluding hydrogens is 425 g/mol. The van der Waals surface area contributed by atoms with Gasteiger partial charge in [-0.05, 0) is 30.7 Å². The number of rotatable bonds is 4. The number of nitrogens with zero attached hydrogens (tertiary/aromatic N) is 2. The molecule has 2 aliphatic heterocycles. The van der Waals surface area contributed by atoms with Crippen molar-refractivity contribution >= 4 is 29.9 Å². The Morgan fingerprint density at radius 2 is 2.08 bits per heavy atom. The van der Waals surface area contributed by atoms with Crippen molar-refractivity contribution in [3.63, 3.8) is 0 Å². The standard InChI is InChI=1S/C20H31N3O.HI/c1-4-21-19(23-12-11-20(2,3)15-23)22-14-17-10-13-24-18(17)16-8-6-5-7-9-16;/h5-9,17-18H,4,10-15H2,1-3H3,(H,21,22);1H. The molecule has 5 heteroatoms. The van der Waals surface area contributed by atoms with Crippen LogP contribution in [0.3, 0.4) is 0 Å². The summed E-state index contributed by atoms with van der Waals surface area (Å²) in [5, 5.41) is 3.48. The molecule has 2 heterocycles. The highest BCUT2D eigenvalue weighted by atomic mass is 127. The van der Waals surface area contributed by atoms with Gasteiger partial charge in [0.1, 0.15) is 0 Å². The molecule has 2 unspecified atom stereocenters.